The summed E-state index contributed by atoms with van der Waals surface area (Å²) in [4.78, 5) is 0. The van der Waals surface area contributed by atoms with E-state index in [2.05, 4.69) is 112 Å². The molecule has 0 amide bonds. The third-order valence-corrected chi connectivity index (χ3v) is 12.1. The predicted molar refractivity (Wildman–Crippen MR) is 188 cm³/mol. The van der Waals surface area contributed by atoms with Gasteiger partial charge in [-0.25, -0.2) is 0 Å². The predicted octanol–water partition coefficient (Wildman–Crippen LogP) is 8.44. The highest BCUT2D eigenvalue weighted by Gasteiger charge is 2.29. The molecule has 0 saturated carbocycles. The molecule has 0 fully saturated rings. The molecule has 2 heterocycles. The lowest BCUT2D eigenvalue weighted by molar-refractivity contribution is -0.561. The maximum absolute atomic E-state index is 14.9. The van der Waals surface area contributed by atoms with Gasteiger partial charge in [-0.3, -0.25) is 0 Å². The number of hydrogen-bond acceptors (Lipinski definition) is 1. The van der Waals surface area contributed by atoms with E-state index in [0.717, 1.165) is 43.3 Å². The van der Waals surface area contributed by atoms with Crippen molar-refractivity contribution in [3.05, 3.63) is 170 Å². The van der Waals surface area contributed by atoms with Gasteiger partial charge in [0.15, 0.2) is 7.14 Å². The van der Waals surface area contributed by atoms with Crippen molar-refractivity contribution in [2.75, 3.05) is 0 Å². The zero-order valence-corrected chi connectivity index (χ0v) is 25.3. The average Bonchev–Trinajstić information content (AvgIpc) is 3.52. The van der Waals surface area contributed by atoms with Crippen LogP contribution in [0.4, 0.5) is 0 Å². The minimum atomic E-state index is -3.04. The summed E-state index contributed by atoms with van der Waals surface area (Å²) in [6.07, 6.45) is 2.23. The fraction of sp³-hybridized carbons (Fsp3) is 0. The van der Waals surface area contributed by atoms with Gasteiger partial charge in [-0.15, -0.1) is 4.52 Å². The Hall–Kier alpha value is -5.50. The normalized spacial score (nSPS) is 12.1. The quantitative estimate of drug-likeness (QED) is 0.114. The number of benzene rings is 7. The molecule has 0 radical (unpaired) electrons. The molecular weight excluding hydrogens is 567 g/mol. The third kappa shape index (κ3) is 3.98. The fourth-order valence-corrected chi connectivity index (χ4v) is 9.55. The highest BCUT2D eigenvalue weighted by atomic mass is 31.2. The zero-order valence-electron chi connectivity index (χ0n) is 24.4. The zero-order chi connectivity index (χ0) is 30.0. The van der Waals surface area contributed by atoms with Crippen LogP contribution >= 0.6 is 7.14 Å². The highest BCUT2D eigenvalue weighted by molar-refractivity contribution is 7.85. The number of fused-ring (bicyclic) bond motifs is 9. The Morgan fingerprint density at radius 1 is 0.444 bits per heavy atom. The second-order valence-electron chi connectivity index (χ2n) is 11.6. The molecule has 0 unspecified atom stereocenters. The number of para-hydroxylation sites is 2. The first-order valence-corrected chi connectivity index (χ1v) is 16.9. The molecule has 45 heavy (non-hydrogen) atoms. The van der Waals surface area contributed by atoms with E-state index in [-0.39, 0.29) is 0 Å². The van der Waals surface area contributed by atoms with E-state index >= 15 is 0 Å². The van der Waals surface area contributed by atoms with E-state index < -0.39 is 7.14 Å². The summed E-state index contributed by atoms with van der Waals surface area (Å²) in [5, 5.41) is 8.38. The van der Waals surface area contributed by atoms with Gasteiger partial charge in [0.05, 0.1) is 17.0 Å². The van der Waals surface area contributed by atoms with Gasteiger partial charge < -0.3 is 4.57 Å². The molecule has 0 N–H and O–H groups in total. The Morgan fingerprint density at radius 2 is 1.04 bits per heavy atom. The lowest BCUT2D eigenvalue weighted by atomic mass is 9.99. The summed E-state index contributed by atoms with van der Waals surface area (Å²) < 4.78 is 19.5. The van der Waals surface area contributed by atoms with Gasteiger partial charge in [-0.05, 0) is 52.2 Å². The van der Waals surface area contributed by atoms with Crippen molar-refractivity contribution in [2.24, 2.45) is 0 Å². The van der Waals surface area contributed by atoms with E-state index in [4.69, 9.17) is 0 Å². The topological polar surface area (TPSA) is 25.6 Å². The lowest BCUT2D eigenvalue weighted by Gasteiger charge is -2.20. The number of rotatable bonds is 4. The monoisotopic (exact) mass is 595 g/mol. The summed E-state index contributed by atoms with van der Waals surface area (Å²) in [7, 11) is -3.04. The summed E-state index contributed by atoms with van der Waals surface area (Å²) >= 11 is 0. The van der Waals surface area contributed by atoms with E-state index in [1.54, 1.807) is 0 Å². The van der Waals surface area contributed by atoms with Gasteiger partial charge in [-0.2, -0.15) is 0 Å². The van der Waals surface area contributed by atoms with Gasteiger partial charge in [0.2, 0.25) is 11.0 Å². The first-order valence-electron chi connectivity index (χ1n) is 15.2. The first kappa shape index (κ1) is 25.9. The summed E-state index contributed by atoms with van der Waals surface area (Å²) in [5.74, 6) is 0. The minimum Gasteiger partial charge on any atom is -0.309 e. The smallest absolute Gasteiger partial charge is 0.245 e. The molecule has 4 heteroatoms. The molecule has 9 aromatic rings. The van der Waals surface area contributed by atoms with Crippen LogP contribution in [0.2, 0.25) is 0 Å². The van der Waals surface area contributed by atoms with Gasteiger partial charge in [-0.1, -0.05) is 126 Å². The average molecular weight is 596 g/mol. The van der Waals surface area contributed by atoms with E-state index in [0.29, 0.717) is 0 Å². The SMILES string of the molecule is O=P(c1ccccc1)(c1ccccc1)c1ccc2cc(-c3ccc4c5ccccc5[n+]5c6ccccc6cn5c4c3)ccc2c1. The number of hydrogen-bond donors (Lipinski definition) is 0. The van der Waals surface area contributed by atoms with Crippen molar-refractivity contribution in [1.82, 2.24) is 4.52 Å². The van der Waals surface area contributed by atoms with Crippen molar-refractivity contribution in [2.45, 2.75) is 0 Å². The molecule has 0 aliphatic rings. The molecule has 9 rings (SSSR count). The molecule has 0 aliphatic heterocycles. The van der Waals surface area contributed by atoms with Crippen LogP contribution < -0.4 is 20.4 Å². The van der Waals surface area contributed by atoms with E-state index in [9.17, 15) is 4.57 Å². The molecule has 7 aromatic carbocycles. The number of nitrogens with zero attached hydrogens (tertiary/aromatic N) is 2. The van der Waals surface area contributed by atoms with Crippen LogP contribution in [0.5, 0.6) is 0 Å². The summed E-state index contributed by atoms with van der Waals surface area (Å²) in [6, 6.07) is 56.5. The van der Waals surface area contributed by atoms with Crippen LogP contribution in [0.1, 0.15) is 0 Å². The minimum absolute atomic E-state index is 0.844. The lowest BCUT2D eigenvalue weighted by Crippen LogP contribution is -2.29. The summed E-state index contributed by atoms with van der Waals surface area (Å²) in [6.45, 7) is 0. The van der Waals surface area contributed by atoms with Crippen LogP contribution in [0.25, 0.3) is 54.6 Å². The Morgan fingerprint density at radius 3 is 1.82 bits per heavy atom. The highest BCUT2D eigenvalue weighted by Crippen LogP contribution is 2.43. The first-order chi connectivity index (χ1) is 22.2. The maximum atomic E-state index is 14.9. The molecule has 3 nitrogen and oxygen atoms in total. The van der Waals surface area contributed by atoms with Crippen LogP contribution in [0, 0.1) is 0 Å². The Bertz CT molecular complexity index is 2580. The largest absolute Gasteiger partial charge is 0.309 e. The maximum Gasteiger partial charge on any atom is 0.245 e. The van der Waals surface area contributed by atoms with Crippen molar-refractivity contribution in [1.29, 1.82) is 0 Å². The van der Waals surface area contributed by atoms with Crippen molar-refractivity contribution in [3.8, 4) is 11.1 Å². The molecule has 0 atom stereocenters. The van der Waals surface area contributed by atoms with Crippen molar-refractivity contribution < 1.29 is 9.08 Å². The standard InChI is InChI=1S/C41H28N2OP/c44-45(34-12-3-1-4-13-34,35-14-5-2-6-15-35)36-23-21-30-25-29(19-20-31(30)26-36)32-22-24-38-37-16-8-10-18-40(37)43-39-17-9-7-11-33(39)28-42(43)41(38)27-32/h1-28H/q+1. The Labute approximate surface area is 260 Å². The van der Waals surface area contributed by atoms with Gasteiger partial charge in [0.1, 0.15) is 5.52 Å². The molecule has 0 aliphatic carbocycles. The second-order valence-corrected chi connectivity index (χ2v) is 14.4. The Balaban J connectivity index is 1.21. The van der Waals surface area contributed by atoms with Crippen LogP contribution in [0.3, 0.4) is 0 Å². The van der Waals surface area contributed by atoms with Crippen LogP contribution in [-0.4, -0.2) is 4.52 Å². The van der Waals surface area contributed by atoms with E-state index in [1.807, 2.05) is 66.7 Å². The van der Waals surface area contributed by atoms with Gasteiger partial charge >= 0.3 is 0 Å². The third-order valence-electron chi connectivity index (χ3n) is 9.07. The molecule has 2 aromatic heterocycles. The molecule has 0 spiro atoms. The molecule has 0 saturated heterocycles. The van der Waals surface area contributed by atoms with E-state index in [1.165, 1.54) is 27.2 Å². The molecule has 0 bridgehead atoms. The van der Waals surface area contributed by atoms with Gasteiger partial charge in [0, 0.05) is 33.4 Å². The van der Waals surface area contributed by atoms with Crippen LogP contribution in [0.15, 0.2) is 170 Å². The van der Waals surface area contributed by atoms with Gasteiger partial charge in [0.25, 0.3) is 0 Å². The molecule has 212 valence electrons. The summed E-state index contributed by atoms with van der Waals surface area (Å²) in [5.41, 5.74) is 5.83. The molecular formula is C41H28N2OP+. The fourth-order valence-electron chi connectivity index (χ4n) is 6.86. The Kier molecular flexibility index (Phi) is 5.78. The number of aromatic nitrogens is 2. The van der Waals surface area contributed by atoms with Crippen LogP contribution in [-0.2, 0) is 4.57 Å². The van der Waals surface area contributed by atoms with Crippen molar-refractivity contribution >= 4 is 66.5 Å². The van der Waals surface area contributed by atoms with Crippen molar-refractivity contribution in [3.63, 3.8) is 0 Å². The second kappa shape index (κ2) is 10.0.